The van der Waals surface area contributed by atoms with Crippen molar-refractivity contribution in [1.82, 2.24) is 4.98 Å². The van der Waals surface area contributed by atoms with Crippen LogP contribution in [0.25, 0.3) is 10.9 Å². The molecule has 202 valence electrons. The zero-order valence-electron chi connectivity index (χ0n) is 21.3. The topological polar surface area (TPSA) is 116 Å². The molecule has 0 saturated carbocycles. The van der Waals surface area contributed by atoms with Gasteiger partial charge in [-0.1, -0.05) is 29.5 Å². The fraction of sp³-hybridized carbons (Fsp3) is 0.407. The van der Waals surface area contributed by atoms with E-state index in [9.17, 15) is 4.79 Å². The van der Waals surface area contributed by atoms with Gasteiger partial charge in [0.2, 0.25) is 0 Å². The Balaban J connectivity index is 0.00000107. The van der Waals surface area contributed by atoms with Crippen molar-refractivity contribution in [3.05, 3.63) is 53.7 Å². The smallest absolute Gasteiger partial charge is 0.335 e. The second-order valence-corrected chi connectivity index (χ2v) is 10.3. The zero-order valence-corrected chi connectivity index (χ0v) is 22.9. The van der Waals surface area contributed by atoms with E-state index < -0.39 is 11.6 Å². The van der Waals surface area contributed by atoms with E-state index in [1.165, 1.54) is 5.56 Å². The first-order valence-corrected chi connectivity index (χ1v) is 14.0. The summed E-state index contributed by atoms with van der Waals surface area (Å²) >= 11 is 0.862. The van der Waals surface area contributed by atoms with Crippen LogP contribution in [0.3, 0.4) is 0 Å². The molecule has 2 aliphatic heterocycles. The molecule has 1 fully saturated rings. The van der Waals surface area contributed by atoms with Gasteiger partial charge in [0, 0.05) is 29.5 Å². The Hall–Kier alpha value is -3.15. The lowest BCUT2D eigenvalue weighted by atomic mass is 10.1. The van der Waals surface area contributed by atoms with E-state index >= 15 is 0 Å². The highest BCUT2D eigenvalue weighted by Crippen LogP contribution is 2.37. The molecule has 3 heterocycles. The Labute approximate surface area is 228 Å². The molecule has 1 aromatic heterocycles. The molecule has 9 nitrogen and oxygen atoms in total. The number of nitrogens with one attached hydrogen (secondary N) is 1. The van der Waals surface area contributed by atoms with E-state index in [-0.39, 0.29) is 17.3 Å². The minimum atomic E-state index is -0.750. The lowest BCUT2D eigenvalue weighted by molar-refractivity contribution is -0.143. The number of carbonyl (C=O) groups is 1. The predicted molar refractivity (Wildman–Crippen MR) is 147 cm³/mol. The van der Waals surface area contributed by atoms with Crippen LogP contribution in [0.2, 0.25) is 0 Å². The molecule has 1 atom stereocenters. The molecule has 2 aromatic carbocycles. The standard InChI is InChI=1S/C27H30N2O5S.O2S/c1-3-32-25(30)15-22-16-28-27(35-22)23-13-18-12-21(33-19-6-4-17(2)5-7-19)14-24(26(18)29-23)34-20-8-10-31-11-9-20;1-3-2/h4-7,12-14,20,22,29H,3,8-11,15-16H2,1-2H3;. The molecule has 0 aliphatic carbocycles. The number of nitrogens with zero attached hydrogens (tertiary/aromatic N) is 1. The number of ether oxygens (including phenoxy) is 4. The van der Waals surface area contributed by atoms with Crippen molar-refractivity contribution in [2.24, 2.45) is 4.99 Å². The summed E-state index contributed by atoms with van der Waals surface area (Å²) in [6.07, 6.45) is 2.17. The number of hydrogen-bond acceptors (Lipinski definition) is 9. The van der Waals surface area contributed by atoms with Gasteiger partial charge in [-0.3, -0.25) is 9.79 Å². The monoisotopic (exact) mass is 558 g/mol. The Bertz CT molecular complexity index is 1310. The zero-order chi connectivity index (χ0) is 26.9. The van der Waals surface area contributed by atoms with E-state index in [0.29, 0.717) is 32.8 Å². The van der Waals surface area contributed by atoms with E-state index in [1.807, 2.05) is 43.3 Å². The summed E-state index contributed by atoms with van der Waals surface area (Å²) in [4.78, 5) is 20.1. The highest BCUT2D eigenvalue weighted by Gasteiger charge is 2.26. The van der Waals surface area contributed by atoms with Gasteiger partial charge >= 0.3 is 17.5 Å². The molecular weight excluding hydrogens is 528 g/mol. The summed E-state index contributed by atoms with van der Waals surface area (Å²) in [5.41, 5.74) is 3.02. The number of esters is 1. The number of fused-ring (bicyclic) bond motifs is 1. The van der Waals surface area contributed by atoms with Gasteiger partial charge in [0.15, 0.2) is 0 Å². The van der Waals surface area contributed by atoms with Crippen molar-refractivity contribution in [1.29, 1.82) is 0 Å². The number of aryl methyl sites for hydroxylation is 1. The maximum absolute atomic E-state index is 11.9. The van der Waals surface area contributed by atoms with Crippen molar-refractivity contribution in [2.45, 2.75) is 44.5 Å². The molecule has 0 amide bonds. The number of thioether (sulfide) groups is 1. The van der Waals surface area contributed by atoms with Gasteiger partial charge in [-0.2, -0.15) is 8.42 Å². The third kappa shape index (κ3) is 7.46. The van der Waals surface area contributed by atoms with Crippen molar-refractivity contribution < 1.29 is 32.2 Å². The first-order chi connectivity index (χ1) is 18.5. The fourth-order valence-electron chi connectivity index (χ4n) is 4.25. The lowest BCUT2D eigenvalue weighted by Crippen LogP contribution is -2.25. The largest absolute Gasteiger partial charge is 0.488 e. The average molecular weight is 559 g/mol. The van der Waals surface area contributed by atoms with Gasteiger partial charge in [-0.15, -0.1) is 0 Å². The van der Waals surface area contributed by atoms with Crippen LogP contribution >= 0.6 is 11.8 Å². The van der Waals surface area contributed by atoms with Gasteiger partial charge < -0.3 is 23.9 Å². The Morgan fingerprint density at radius 1 is 1.13 bits per heavy atom. The fourth-order valence-corrected chi connectivity index (χ4v) is 5.32. The molecule has 11 heteroatoms. The Kier molecular flexibility index (Phi) is 9.97. The van der Waals surface area contributed by atoms with Crippen LogP contribution in [0.1, 0.15) is 37.4 Å². The molecular formula is C27H30N2O7S2. The molecule has 0 spiro atoms. The van der Waals surface area contributed by atoms with E-state index in [2.05, 4.69) is 18.0 Å². The maximum Gasteiger partial charge on any atom is 0.335 e. The number of aliphatic imine (C=N–C) groups is 1. The molecule has 38 heavy (non-hydrogen) atoms. The minimum absolute atomic E-state index is 0.0915. The minimum Gasteiger partial charge on any atom is -0.488 e. The number of benzene rings is 2. The molecule has 3 aromatic rings. The first-order valence-electron chi connectivity index (χ1n) is 12.4. The van der Waals surface area contributed by atoms with Gasteiger partial charge in [-0.05, 0) is 38.1 Å². The first kappa shape index (κ1) is 27.9. The number of carbonyl (C=O) groups excluding carboxylic acids is 1. The summed E-state index contributed by atoms with van der Waals surface area (Å²) in [5, 5.41) is 1.98. The number of aromatic nitrogens is 1. The maximum atomic E-state index is 11.9. The molecule has 2 aliphatic rings. The third-order valence-electron chi connectivity index (χ3n) is 6.03. The second kappa shape index (κ2) is 13.6. The van der Waals surface area contributed by atoms with Crippen LogP contribution in [0.5, 0.6) is 17.2 Å². The molecule has 0 bridgehead atoms. The highest BCUT2D eigenvalue weighted by atomic mass is 32.2. The molecule has 1 unspecified atom stereocenters. The van der Waals surface area contributed by atoms with Gasteiger partial charge in [0.05, 0.1) is 44.0 Å². The number of rotatable bonds is 8. The normalized spacial score (nSPS) is 17.3. The SMILES string of the molecule is CCOC(=O)CC1CN=C(c2cc3cc(Oc4ccc(C)cc4)cc(OC4CCOCC4)c3[nH]2)S1.O=S=O. The van der Waals surface area contributed by atoms with Crippen LogP contribution in [0.15, 0.2) is 47.5 Å². The quantitative estimate of drug-likeness (QED) is 0.385. The molecule has 1 N–H and O–H groups in total. The number of H-pyrrole nitrogens is 1. The summed E-state index contributed by atoms with van der Waals surface area (Å²) in [7, 11) is 0. The Morgan fingerprint density at radius 2 is 1.87 bits per heavy atom. The van der Waals surface area contributed by atoms with Crippen LogP contribution in [0, 0.1) is 6.92 Å². The van der Waals surface area contributed by atoms with Crippen molar-refractivity contribution in [2.75, 3.05) is 26.4 Å². The average Bonchev–Trinajstić information content (AvgIpc) is 3.54. The van der Waals surface area contributed by atoms with Crippen LogP contribution < -0.4 is 9.47 Å². The van der Waals surface area contributed by atoms with Crippen molar-refractivity contribution in [3.63, 3.8) is 0 Å². The summed E-state index contributed by atoms with van der Waals surface area (Å²) in [6.45, 7) is 6.29. The van der Waals surface area contributed by atoms with Crippen LogP contribution in [-0.4, -0.2) is 62.1 Å². The van der Waals surface area contributed by atoms with Crippen molar-refractivity contribution in [3.8, 4) is 17.2 Å². The number of hydrogen-bond donors (Lipinski definition) is 1. The highest BCUT2D eigenvalue weighted by molar-refractivity contribution is 8.15. The summed E-state index contributed by atoms with van der Waals surface area (Å²) in [5.74, 6) is 2.08. The van der Waals surface area contributed by atoms with E-state index in [4.69, 9.17) is 32.4 Å². The molecule has 0 radical (unpaired) electrons. The molecule has 1 saturated heterocycles. The summed E-state index contributed by atoms with van der Waals surface area (Å²) in [6, 6.07) is 14.0. The van der Waals surface area contributed by atoms with Gasteiger partial charge in [0.1, 0.15) is 28.4 Å². The van der Waals surface area contributed by atoms with Crippen LogP contribution in [0.4, 0.5) is 0 Å². The van der Waals surface area contributed by atoms with Crippen molar-refractivity contribution >= 4 is 45.2 Å². The third-order valence-corrected chi connectivity index (χ3v) is 7.25. The molecule has 5 rings (SSSR count). The van der Waals surface area contributed by atoms with E-state index in [0.717, 1.165) is 51.7 Å². The Morgan fingerprint density at radius 3 is 2.58 bits per heavy atom. The lowest BCUT2D eigenvalue weighted by Gasteiger charge is -2.24. The van der Waals surface area contributed by atoms with Crippen LogP contribution in [-0.2, 0) is 25.8 Å². The number of aromatic amines is 1. The van der Waals surface area contributed by atoms with Gasteiger partial charge in [-0.25, -0.2) is 0 Å². The van der Waals surface area contributed by atoms with E-state index in [1.54, 1.807) is 11.8 Å². The predicted octanol–water partition coefficient (Wildman–Crippen LogP) is 4.97. The summed E-state index contributed by atoms with van der Waals surface area (Å²) < 4.78 is 39.8. The second-order valence-electron chi connectivity index (χ2n) is 8.88. The van der Waals surface area contributed by atoms with Gasteiger partial charge in [0.25, 0.3) is 0 Å².